The first-order chi connectivity index (χ1) is 7.03. The molecule has 0 atom stereocenters. The van der Waals surface area contributed by atoms with Gasteiger partial charge in [-0.25, -0.2) is 0 Å². The first-order valence-electron chi connectivity index (χ1n) is 4.82. The van der Waals surface area contributed by atoms with Gasteiger partial charge in [-0.05, 0) is 12.8 Å². The van der Waals surface area contributed by atoms with Crippen molar-refractivity contribution in [1.82, 2.24) is 10.6 Å². The zero-order valence-corrected chi connectivity index (χ0v) is 9.45. The molecule has 0 aromatic heterocycles. The standard InChI is InChI=1S/C9H15N3O2S/c1-11-6(13)5-12-8(14)9(7(10)15)3-2-4-9/h2-5H2,1H3,(H2,10,15)(H,11,13)(H,12,14). The number of nitrogens with two attached hydrogens (primary N) is 1. The molecule has 15 heavy (non-hydrogen) atoms. The molecule has 1 saturated carbocycles. The van der Waals surface area contributed by atoms with E-state index < -0.39 is 5.41 Å². The number of carbonyl (C=O) groups is 2. The number of likely N-dealkylation sites (N-methyl/N-ethyl adjacent to an activating group) is 1. The number of hydrogen-bond acceptors (Lipinski definition) is 3. The number of hydrogen-bond donors (Lipinski definition) is 3. The summed E-state index contributed by atoms with van der Waals surface area (Å²) in [4.78, 5) is 22.9. The van der Waals surface area contributed by atoms with E-state index in [1.807, 2.05) is 0 Å². The predicted octanol–water partition coefficient (Wildman–Crippen LogP) is -0.695. The second-order valence-electron chi connectivity index (χ2n) is 3.66. The minimum atomic E-state index is -0.705. The highest BCUT2D eigenvalue weighted by Gasteiger charge is 2.46. The molecule has 0 saturated heterocycles. The Bertz CT molecular complexity index is 300. The Morgan fingerprint density at radius 1 is 1.47 bits per heavy atom. The van der Waals surface area contributed by atoms with Gasteiger partial charge in [0.1, 0.15) is 0 Å². The molecule has 84 valence electrons. The van der Waals surface area contributed by atoms with Crippen LogP contribution in [0.1, 0.15) is 19.3 Å². The molecule has 0 spiro atoms. The SMILES string of the molecule is CNC(=O)CNC(=O)C1(C(N)=S)CCC1. The van der Waals surface area contributed by atoms with E-state index in [4.69, 9.17) is 18.0 Å². The molecule has 0 aliphatic heterocycles. The van der Waals surface area contributed by atoms with Crippen molar-refractivity contribution in [2.75, 3.05) is 13.6 Å². The molecule has 1 rings (SSSR count). The topological polar surface area (TPSA) is 84.2 Å². The van der Waals surface area contributed by atoms with Gasteiger partial charge in [-0.2, -0.15) is 0 Å². The van der Waals surface area contributed by atoms with Crippen LogP contribution in [0.5, 0.6) is 0 Å². The van der Waals surface area contributed by atoms with Crippen molar-refractivity contribution in [3.8, 4) is 0 Å². The van der Waals surface area contributed by atoms with E-state index in [1.54, 1.807) is 0 Å². The van der Waals surface area contributed by atoms with Gasteiger partial charge in [0.05, 0.1) is 16.9 Å². The van der Waals surface area contributed by atoms with Crippen LogP contribution in [0, 0.1) is 5.41 Å². The summed E-state index contributed by atoms with van der Waals surface area (Å²) in [7, 11) is 1.52. The molecule has 0 heterocycles. The Kier molecular flexibility index (Phi) is 3.62. The monoisotopic (exact) mass is 229 g/mol. The van der Waals surface area contributed by atoms with E-state index in [2.05, 4.69) is 10.6 Å². The maximum Gasteiger partial charge on any atom is 0.239 e. The molecule has 0 radical (unpaired) electrons. The van der Waals surface area contributed by atoms with Crippen LogP contribution in [0.15, 0.2) is 0 Å². The average molecular weight is 229 g/mol. The third-order valence-electron chi connectivity index (χ3n) is 2.80. The van der Waals surface area contributed by atoms with Gasteiger partial charge in [0.15, 0.2) is 0 Å². The molecule has 1 fully saturated rings. The van der Waals surface area contributed by atoms with Crippen molar-refractivity contribution in [2.24, 2.45) is 11.1 Å². The molecule has 6 heteroatoms. The normalized spacial score (nSPS) is 17.4. The summed E-state index contributed by atoms with van der Waals surface area (Å²) in [6.45, 7) is -0.0281. The van der Waals surface area contributed by atoms with Crippen molar-refractivity contribution in [3.05, 3.63) is 0 Å². The van der Waals surface area contributed by atoms with Gasteiger partial charge >= 0.3 is 0 Å². The molecule has 5 nitrogen and oxygen atoms in total. The van der Waals surface area contributed by atoms with E-state index in [-0.39, 0.29) is 23.3 Å². The first-order valence-corrected chi connectivity index (χ1v) is 5.22. The fourth-order valence-corrected chi connectivity index (χ4v) is 1.83. The first kappa shape index (κ1) is 11.9. The predicted molar refractivity (Wildman–Crippen MR) is 60.1 cm³/mol. The summed E-state index contributed by atoms with van der Waals surface area (Å²) in [6.07, 6.45) is 2.31. The molecule has 0 bridgehead atoms. The quantitative estimate of drug-likeness (QED) is 0.557. The van der Waals surface area contributed by atoms with Gasteiger partial charge in [-0.1, -0.05) is 18.6 Å². The Morgan fingerprint density at radius 3 is 2.40 bits per heavy atom. The Balaban J connectivity index is 2.52. The Hall–Kier alpha value is -1.17. The number of rotatable bonds is 4. The molecule has 1 aliphatic carbocycles. The van der Waals surface area contributed by atoms with E-state index in [0.717, 1.165) is 6.42 Å². The highest BCUT2D eigenvalue weighted by Crippen LogP contribution is 2.41. The number of nitrogens with one attached hydrogen (secondary N) is 2. The zero-order chi connectivity index (χ0) is 11.5. The summed E-state index contributed by atoms with van der Waals surface area (Å²) >= 11 is 4.88. The lowest BCUT2D eigenvalue weighted by Crippen LogP contribution is -2.54. The van der Waals surface area contributed by atoms with Crippen LogP contribution < -0.4 is 16.4 Å². The Morgan fingerprint density at radius 2 is 2.07 bits per heavy atom. The van der Waals surface area contributed by atoms with Crippen LogP contribution in [0.25, 0.3) is 0 Å². The van der Waals surface area contributed by atoms with Crippen molar-refractivity contribution in [3.63, 3.8) is 0 Å². The number of amides is 2. The van der Waals surface area contributed by atoms with Gasteiger partial charge in [-0.15, -0.1) is 0 Å². The third-order valence-corrected chi connectivity index (χ3v) is 3.19. The molecule has 0 aromatic rings. The van der Waals surface area contributed by atoms with Crippen LogP contribution in [0.2, 0.25) is 0 Å². The largest absolute Gasteiger partial charge is 0.392 e. The second-order valence-corrected chi connectivity index (χ2v) is 4.10. The van der Waals surface area contributed by atoms with Gasteiger partial charge in [0.2, 0.25) is 11.8 Å². The fourth-order valence-electron chi connectivity index (χ4n) is 1.53. The molecular weight excluding hydrogens is 214 g/mol. The van der Waals surface area contributed by atoms with Crippen molar-refractivity contribution >= 4 is 29.0 Å². The maximum atomic E-state index is 11.8. The molecule has 4 N–H and O–H groups in total. The maximum absolute atomic E-state index is 11.8. The minimum absolute atomic E-state index is 0.0281. The molecule has 2 amide bonds. The van der Waals surface area contributed by atoms with Gasteiger partial charge in [0, 0.05) is 7.05 Å². The second kappa shape index (κ2) is 4.57. The lowest BCUT2D eigenvalue weighted by atomic mass is 9.68. The van der Waals surface area contributed by atoms with Gasteiger partial charge < -0.3 is 16.4 Å². The van der Waals surface area contributed by atoms with Crippen LogP contribution in [-0.2, 0) is 9.59 Å². The van der Waals surface area contributed by atoms with Crippen LogP contribution in [0.4, 0.5) is 0 Å². The zero-order valence-electron chi connectivity index (χ0n) is 8.63. The van der Waals surface area contributed by atoms with Crippen LogP contribution in [0.3, 0.4) is 0 Å². The average Bonchev–Trinajstić information content (AvgIpc) is 2.11. The molecule has 1 aliphatic rings. The van der Waals surface area contributed by atoms with E-state index in [9.17, 15) is 9.59 Å². The van der Waals surface area contributed by atoms with E-state index >= 15 is 0 Å². The molecular formula is C9H15N3O2S. The summed E-state index contributed by atoms with van der Waals surface area (Å²) in [5, 5.41) is 4.96. The summed E-state index contributed by atoms with van der Waals surface area (Å²) in [5.41, 5.74) is 4.84. The van der Waals surface area contributed by atoms with E-state index in [1.165, 1.54) is 7.05 Å². The lowest BCUT2D eigenvalue weighted by molar-refractivity contribution is -0.133. The van der Waals surface area contributed by atoms with Gasteiger partial charge in [-0.3, -0.25) is 9.59 Å². The Labute approximate surface area is 93.8 Å². The summed E-state index contributed by atoms with van der Waals surface area (Å²) in [5.74, 6) is -0.467. The summed E-state index contributed by atoms with van der Waals surface area (Å²) < 4.78 is 0. The third kappa shape index (κ3) is 2.26. The van der Waals surface area contributed by atoms with Crippen LogP contribution in [-0.4, -0.2) is 30.4 Å². The number of thiocarbonyl (C=S) groups is 1. The van der Waals surface area contributed by atoms with Gasteiger partial charge in [0.25, 0.3) is 0 Å². The number of carbonyl (C=O) groups excluding carboxylic acids is 2. The highest BCUT2D eigenvalue weighted by molar-refractivity contribution is 7.80. The fraction of sp³-hybridized carbons (Fsp3) is 0.667. The molecule has 0 aromatic carbocycles. The van der Waals surface area contributed by atoms with Crippen LogP contribution >= 0.6 is 12.2 Å². The molecule has 0 unspecified atom stereocenters. The van der Waals surface area contributed by atoms with Crippen molar-refractivity contribution < 1.29 is 9.59 Å². The van der Waals surface area contributed by atoms with Crippen molar-refractivity contribution in [1.29, 1.82) is 0 Å². The van der Waals surface area contributed by atoms with E-state index in [0.29, 0.717) is 12.8 Å². The highest BCUT2D eigenvalue weighted by atomic mass is 32.1. The summed E-state index contributed by atoms with van der Waals surface area (Å²) in [6, 6.07) is 0. The van der Waals surface area contributed by atoms with Crippen molar-refractivity contribution in [2.45, 2.75) is 19.3 Å². The lowest BCUT2D eigenvalue weighted by Gasteiger charge is -2.38. The minimum Gasteiger partial charge on any atom is -0.392 e. The smallest absolute Gasteiger partial charge is 0.239 e.